The molecule has 26 heavy (non-hydrogen) atoms. The van der Waals surface area contributed by atoms with Gasteiger partial charge in [0, 0.05) is 0 Å². The Kier molecular flexibility index (Phi) is 7.40. The Morgan fingerprint density at radius 2 is 1.31 bits per heavy atom. The number of isothiocyanates is 1. The second-order valence-corrected chi connectivity index (χ2v) is 9.24. The molecule has 0 saturated heterocycles. The van der Waals surface area contributed by atoms with Crippen LogP contribution in [0.1, 0.15) is 71.1 Å². The van der Waals surface area contributed by atoms with Crippen molar-refractivity contribution in [3.05, 3.63) is 12.2 Å². The maximum Gasteiger partial charge on any atom is 0.127 e. The molecule has 3 aliphatic rings. The van der Waals surface area contributed by atoms with Crippen LogP contribution < -0.4 is 0 Å². The molecule has 3 saturated carbocycles. The van der Waals surface area contributed by atoms with Gasteiger partial charge in [0.1, 0.15) is 18.4 Å². The van der Waals surface area contributed by atoms with Gasteiger partial charge in [0.25, 0.3) is 0 Å². The lowest BCUT2D eigenvalue weighted by Gasteiger charge is -2.37. The molecule has 146 valence electrons. The first-order chi connectivity index (χ1) is 12.6. The van der Waals surface area contributed by atoms with Crippen LogP contribution in [0.25, 0.3) is 0 Å². The molecule has 1 nitrogen and oxygen atoms in total. The molecule has 0 amide bonds. The van der Waals surface area contributed by atoms with Crippen molar-refractivity contribution in [1.29, 1.82) is 0 Å². The molecule has 3 fully saturated rings. The molecule has 0 aromatic carbocycles. The Morgan fingerprint density at radius 3 is 1.85 bits per heavy atom. The van der Waals surface area contributed by atoms with Crippen LogP contribution in [-0.4, -0.2) is 23.5 Å². The van der Waals surface area contributed by atoms with E-state index < -0.39 is 18.4 Å². The summed E-state index contributed by atoms with van der Waals surface area (Å²) < 4.78 is 28.3. The van der Waals surface area contributed by atoms with E-state index >= 15 is 0 Å². The standard InChI is InChI=1S/C22H33F2NS/c1-15-2-8-18(9-3-15)19-10-6-16(7-11-19)4-5-17-12-20(23)22(25-14-26)21(24)13-17/h4-5,15-22H,2-3,6-13H2,1H3. The van der Waals surface area contributed by atoms with Crippen molar-refractivity contribution >= 4 is 17.4 Å². The molecule has 2 unspecified atom stereocenters. The summed E-state index contributed by atoms with van der Waals surface area (Å²) in [5.41, 5.74) is 0. The highest BCUT2D eigenvalue weighted by molar-refractivity contribution is 7.78. The number of alkyl halides is 2. The van der Waals surface area contributed by atoms with Gasteiger partial charge in [0.2, 0.25) is 0 Å². The lowest BCUT2D eigenvalue weighted by Crippen LogP contribution is -2.38. The largest absolute Gasteiger partial charge is 0.245 e. The molecule has 3 aliphatic carbocycles. The van der Waals surface area contributed by atoms with Crippen molar-refractivity contribution in [1.82, 2.24) is 0 Å². The van der Waals surface area contributed by atoms with Gasteiger partial charge in [0.05, 0.1) is 5.16 Å². The van der Waals surface area contributed by atoms with Crippen molar-refractivity contribution in [2.75, 3.05) is 0 Å². The van der Waals surface area contributed by atoms with E-state index in [1.807, 2.05) is 0 Å². The summed E-state index contributed by atoms with van der Waals surface area (Å²) in [4.78, 5) is 3.68. The SMILES string of the molecule is CC1CCC(C2CCC(C=CC3CC(F)C(N=C=S)C(F)C3)CC2)CC1. The minimum atomic E-state index is -1.24. The Hall–Kier alpha value is -0.600. The van der Waals surface area contributed by atoms with Crippen LogP contribution in [0.4, 0.5) is 8.78 Å². The molecule has 0 radical (unpaired) electrons. The summed E-state index contributed by atoms with van der Waals surface area (Å²) in [7, 11) is 0. The van der Waals surface area contributed by atoms with Crippen LogP contribution in [0, 0.1) is 29.6 Å². The van der Waals surface area contributed by atoms with Crippen LogP contribution in [0.3, 0.4) is 0 Å². The number of hydrogen-bond acceptors (Lipinski definition) is 2. The monoisotopic (exact) mass is 381 g/mol. The number of allylic oxidation sites excluding steroid dienone is 2. The molecular formula is C22H33F2NS. The van der Waals surface area contributed by atoms with Gasteiger partial charge in [0.15, 0.2) is 0 Å². The summed E-state index contributed by atoms with van der Waals surface area (Å²) in [6.45, 7) is 2.39. The fourth-order valence-electron chi connectivity index (χ4n) is 5.44. The third kappa shape index (κ3) is 5.23. The number of halogens is 2. The Labute approximate surface area is 162 Å². The smallest absolute Gasteiger partial charge is 0.127 e. The topological polar surface area (TPSA) is 12.4 Å². The zero-order valence-corrected chi connectivity index (χ0v) is 16.8. The Bertz CT molecular complexity index is 502. The van der Waals surface area contributed by atoms with E-state index in [0.717, 1.165) is 17.8 Å². The van der Waals surface area contributed by atoms with E-state index in [-0.39, 0.29) is 5.92 Å². The summed E-state index contributed by atoms with van der Waals surface area (Å²) in [5, 5.41) is 2.14. The fraction of sp³-hybridized carbons (Fsp3) is 0.864. The molecule has 0 bridgehead atoms. The van der Waals surface area contributed by atoms with Gasteiger partial charge in [-0.05, 0) is 93.2 Å². The molecular weight excluding hydrogens is 348 g/mol. The van der Waals surface area contributed by atoms with E-state index in [1.165, 1.54) is 51.4 Å². The quantitative estimate of drug-likeness (QED) is 0.299. The van der Waals surface area contributed by atoms with Crippen LogP contribution >= 0.6 is 12.2 Å². The van der Waals surface area contributed by atoms with E-state index in [0.29, 0.717) is 18.8 Å². The first-order valence-electron chi connectivity index (χ1n) is 10.6. The van der Waals surface area contributed by atoms with Gasteiger partial charge in [-0.15, -0.1) is 0 Å². The second kappa shape index (κ2) is 9.55. The van der Waals surface area contributed by atoms with Crippen molar-refractivity contribution < 1.29 is 8.78 Å². The summed E-state index contributed by atoms with van der Waals surface area (Å²) in [6, 6.07) is -0.939. The average Bonchev–Trinajstić information content (AvgIpc) is 2.64. The molecule has 0 N–H and O–H groups in total. The summed E-state index contributed by atoms with van der Waals surface area (Å²) in [5.74, 6) is 3.39. The maximum atomic E-state index is 14.1. The molecule has 0 spiro atoms. The van der Waals surface area contributed by atoms with E-state index in [1.54, 1.807) is 0 Å². The molecule has 3 rings (SSSR count). The summed E-state index contributed by atoms with van der Waals surface area (Å²) in [6.07, 6.45) is 13.4. The van der Waals surface area contributed by atoms with Gasteiger partial charge in [-0.25, -0.2) is 13.8 Å². The lowest BCUT2D eigenvalue weighted by molar-refractivity contribution is 0.106. The number of thiocarbonyl (C=S) groups is 1. The number of nitrogens with zero attached hydrogens (tertiary/aromatic N) is 1. The van der Waals surface area contributed by atoms with E-state index in [4.69, 9.17) is 0 Å². The van der Waals surface area contributed by atoms with Gasteiger partial charge < -0.3 is 0 Å². The fourth-order valence-corrected chi connectivity index (χ4v) is 5.56. The third-order valence-corrected chi connectivity index (χ3v) is 7.30. The van der Waals surface area contributed by atoms with Crippen LogP contribution in [0.5, 0.6) is 0 Å². The molecule has 0 aromatic rings. The number of hydrogen-bond donors (Lipinski definition) is 0. The average molecular weight is 382 g/mol. The zero-order valence-electron chi connectivity index (χ0n) is 16.0. The maximum absolute atomic E-state index is 14.1. The molecule has 0 aromatic heterocycles. The van der Waals surface area contributed by atoms with Gasteiger partial charge >= 0.3 is 0 Å². The first kappa shape index (κ1) is 20.1. The number of aliphatic imine (C=N–C) groups is 1. The van der Waals surface area contributed by atoms with Crippen LogP contribution in [0.15, 0.2) is 17.1 Å². The highest BCUT2D eigenvalue weighted by Crippen LogP contribution is 2.42. The van der Waals surface area contributed by atoms with Crippen molar-refractivity contribution in [3.8, 4) is 0 Å². The minimum absolute atomic E-state index is 0.00544. The number of rotatable bonds is 4. The van der Waals surface area contributed by atoms with Crippen molar-refractivity contribution in [2.45, 2.75) is 89.5 Å². The van der Waals surface area contributed by atoms with Gasteiger partial charge in [-0.2, -0.15) is 0 Å². The van der Waals surface area contributed by atoms with Gasteiger partial charge in [-0.3, -0.25) is 0 Å². The minimum Gasteiger partial charge on any atom is -0.245 e. The molecule has 0 aliphatic heterocycles. The van der Waals surface area contributed by atoms with E-state index in [9.17, 15) is 8.78 Å². The highest BCUT2D eigenvalue weighted by Gasteiger charge is 2.37. The van der Waals surface area contributed by atoms with E-state index in [2.05, 4.69) is 41.4 Å². The first-order valence-corrected chi connectivity index (χ1v) is 11.0. The third-order valence-electron chi connectivity index (χ3n) is 7.20. The predicted molar refractivity (Wildman–Crippen MR) is 107 cm³/mol. The van der Waals surface area contributed by atoms with Gasteiger partial charge in [-0.1, -0.05) is 31.9 Å². The lowest BCUT2D eigenvalue weighted by atomic mass is 9.69. The Balaban J connectivity index is 1.43. The molecule has 4 heteroatoms. The Morgan fingerprint density at radius 1 is 0.808 bits per heavy atom. The molecule has 2 atom stereocenters. The second-order valence-electron chi connectivity index (χ2n) is 9.05. The highest BCUT2D eigenvalue weighted by atomic mass is 32.1. The van der Waals surface area contributed by atoms with Crippen LogP contribution in [0.2, 0.25) is 0 Å². The predicted octanol–water partition coefficient (Wildman–Crippen LogP) is 6.73. The normalized spacial score (nSPS) is 44.6. The zero-order chi connectivity index (χ0) is 18.5. The van der Waals surface area contributed by atoms with Crippen molar-refractivity contribution in [3.63, 3.8) is 0 Å². The van der Waals surface area contributed by atoms with Crippen molar-refractivity contribution in [2.24, 2.45) is 34.6 Å². The summed E-state index contributed by atoms with van der Waals surface area (Å²) >= 11 is 4.50. The van der Waals surface area contributed by atoms with Crippen LogP contribution in [-0.2, 0) is 0 Å². The molecule has 0 heterocycles.